The first kappa shape index (κ1) is 78.4. The molecular formula is C87H88N16S8. The van der Waals surface area contributed by atoms with E-state index in [1.54, 1.807) is 22.7 Å². The standard InChI is InChI=1S/C34H44N4S3.C18H12N4S3.C17H14N4S.C12H12N4S.C6H6/c1-5-7-9-11-13-15-17-25-26(18-16-14-12-10-8-6-2)36-32-30(28-22-20-24(4)40-28)34-33(37-41-38-34)29(31(32)35-25)27-21-19-23(3)39-27;1-9-13-14(10(2)16-15(9)21-25-22-16)20-18(12-6-4-8-24-12)17(19-13)11-5-3-7-23-11;1-9-13-14(10(2)16-15(9)20-22-21-16)19-17(11(3)18-13)12-7-5-4-6-8-12;1-5-9-10(14-8(4)7(3)13-9)6(2)12-11(5)15-17-16-12;1-2-4-6-5-3-1/h19-22H,5-18H2,1-4H3;3-8H,1-2H3;4-8H,1-3H3;1-4H3;1-6H. The number of aryl methyl sites for hydroxylation is 13. The molecule has 6 aromatic carbocycles. The SMILES string of the molecule is CCCCCCCCc1nc2c(-c3ccc(C)s3)c3nsnc3c(-c3ccc(C)s3)c2nc1CCCCCCCC.Cc1c2nsnc2c(C)c2nc(-c3cccs3)c(-c3cccs3)nc12.Cc1nc2c(C)c3nsnc3c(C)c2nc1-c1ccccc1.Cc1nc2c(C)c3nsnc3c(C)c2nc1C.c1ccccc1. The van der Waals surface area contributed by atoms with Crippen molar-refractivity contribution in [1.82, 2.24) is 74.9 Å². The Labute approximate surface area is 680 Å². The first-order valence-corrected chi connectivity index (χ1v) is 44.4. The molecule has 24 heteroatoms. The molecular weight excluding hydrogens is 1530 g/mol. The van der Waals surface area contributed by atoms with Crippen LogP contribution in [-0.4, -0.2) is 74.9 Å². The lowest BCUT2D eigenvalue weighted by molar-refractivity contribution is 0.593. The second kappa shape index (κ2) is 36.1. The lowest BCUT2D eigenvalue weighted by Gasteiger charge is -2.15. The Balaban J connectivity index is 0.000000126. The van der Waals surface area contributed by atoms with Gasteiger partial charge in [0.2, 0.25) is 0 Å². The highest BCUT2D eigenvalue weighted by molar-refractivity contribution is 7.16. The maximum absolute atomic E-state index is 5.53. The van der Waals surface area contributed by atoms with Gasteiger partial charge in [-0.05, 0) is 149 Å². The molecule has 0 aliphatic carbocycles. The zero-order valence-corrected chi connectivity index (χ0v) is 71.5. The molecule has 0 atom stereocenters. The highest BCUT2D eigenvalue weighted by Gasteiger charge is 2.27. The fraction of sp³-hybridized carbons (Fsp3) is 0.310. The molecule has 12 aromatic heterocycles. The van der Waals surface area contributed by atoms with Crippen LogP contribution >= 0.6 is 92.3 Å². The van der Waals surface area contributed by atoms with Crippen LogP contribution in [0.25, 0.3) is 142 Å². The fourth-order valence-corrected chi connectivity index (χ4v) is 19.8. The van der Waals surface area contributed by atoms with E-state index in [-0.39, 0.29) is 0 Å². The minimum Gasteiger partial charge on any atom is -0.249 e. The van der Waals surface area contributed by atoms with Crippen LogP contribution in [0.15, 0.2) is 126 Å². The molecule has 0 aliphatic heterocycles. The van der Waals surface area contributed by atoms with Gasteiger partial charge in [0.15, 0.2) is 0 Å². The van der Waals surface area contributed by atoms with Crippen molar-refractivity contribution in [3.63, 3.8) is 0 Å². The molecule has 111 heavy (non-hydrogen) atoms. The number of fused-ring (bicyclic) bond motifs is 8. The number of rotatable bonds is 19. The Kier molecular flexibility index (Phi) is 25.5. The average Bonchev–Trinajstić information content (AvgIpc) is 1.60. The van der Waals surface area contributed by atoms with Crippen molar-refractivity contribution in [1.29, 1.82) is 0 Å². The summed E-state index contributed by atoms with van der Waals surface area (Å²) >= 11 is 12.0. The van der Waals surface area contributed by atoms with Gasteiger partial charge in [-0.1, -0.05) is 157 Å². The Morgan fingerprint density at radius 3 is 0.901 bits per heavy atom. The summed E-state index contributed by atoms with van der Waals surface area (Å²) in [4.78, 5) is 47.4. The van der Waals surface area contributed by atoms with Crippen molar-refractivity contribution >= 4 is 181 Å². The summed E-state index contributed by atoms with van der Waals surface area (Å²) in [6, 6.07) is 39.3. The largest absolute Gasteiger partial charge is 0.249 e. The van der Waals surface area contributed by atoms with E-state index in [4.69, 9.17) is 38.7 Å². The summed E-state index contributed by atoms with van der Waals surface area (Å²) < 4.78 is 36.2. The quantitative estimate of drug-likeness (QED) is 0.0690. The number of hydrogen-bond acceptors (Lipinski definition) is 24. The van der Waals surface area contributed by atoms with E-state index in [1.807, 2.05) is 126 Å². The molecule has 0 aliphatic rings. The van der Waals surface area contributed by atoms with Crippen LogP contribution in [-0.2, 0) is 12.8 Å². The highest BCUT2D eigenvalue weighted by Crippen LogP contribution is 2.46. The number of unbranched alkanes of at least 4 members (excludes halogenated alkanes) is 10. The lowest BCUT2D eigenvalue weighted by Crippen LogP contribution is -2.05. The zero-order chi connectivity index (χ0) is 77.2. The van der Waals surface area contributed by atoms with Gasteiger partial charge in [-0.25, -0.2) is 39.9 Å². The topological polar surface area (TPSA) is 206 Å². The van der Waals surface area contributed by atoms with Crippen LogP contribution in [0.5, 0.6) is 0 Å². The van der Waals surface area contributed by atoms with Crippen molar-refractivity contribution in [2.45, 2.75) is 180 Å². The summed E-state index contributed by atoms with van der Waals surface area (Å²) in [5.41, 5.74) is 32.9. The van der Waals surface area contributed by atoms with Crippen LogP contribution in [0, 0.1) is 76.2 Å². The summed E-state index contributed by atoms with van der Waals surface area (Å²) in [5.74, 6) is 0. The number of thiophene rings is 4. The number of nitrogens with zero attached hydrogens (tertiary/aromatic N) is 16. The molecule has 0 spiro atoms. The minimum absolute atomic E-state index is 0.918. The van der Waals surface area contributed by atoms with Crippen LogP contribution < -0.4 is 0 Å². The van der Waals surface area contributed by atoms with Gasteiger partial charge in [0.25, 0.3) is 0 Å². The Morgan fingerprint density at radius 2 is 0.568 bits per heavy atom. The molecule has 0 saturated carbocycles. The maximum Gasteiger partial charge on any atom is 0.116 e. The first-order chi connectivity index (χ1) is 54.1. The van der Waals surface area contributed by atoms with E-state index >= 15 is 0 Å². The van der Waals surface area contributed by atoms with Crippen molar-refractivity contribution in [3.05, 3.63) is 198 Å². The van der Waals surface area contributed by atoms with Crippen molar-refractivity contribution in [2.75, 3.05) is 0 Å². The molecule has 0 unspecified atom stereocenters. The molecule has 12 heterocycles. The summed E-state index contributed by atoms with van der Waals surface area (Å²) in [6.45, 7) is 27.2. The van der Waals surface area contributed by atoms with Crippen LogP contribution in [0.1, 0.15) is 163 Å². The molecule has 16 nitrogen and oxygen atoms in total. The number of benzene rings is 6. The molecule has 0 fully saturated rings. The molecule has 564 valence electrons. The van der Waals surface area contributed by atoms with Crippen molar-refractivity contribution in [3.8, 4) is 53.3 Å². The second-order valence-electron chi connectivity index (χ2n) is 28.1. The normalized spacial score (nSPS) is 11.4. The van der Waals surface area contributed by atoms with Crippen LogP contribution in [0.4, 0.5) is 0 Å². The Morgan fingerprint density at radius 1 is 0.252 bits per heavy atom. The van der Waals surface area contributed by atoms with Crippen molar-refractivity contribution < 1.29 is 0 Å². The van der Waals surface area contributed by atoms with Crippen molar-refractivity contribution in [2.24, 2.45) is 0 Å². The average molecular weight is 1610 g/mol. The van der Waals surface area contributed by atoms with Gasteiger partial charge in [-0.2, -0.15) is 35.0 Å². The van der Waals surface area contributed by atoms with E-state index in [0.717, 1.165) is 195 Å². The molecule has 0 N–H and O–H groups in total. The molecule has 18 aromatic rings. The summed E-state index contributed by atoms with van der Waals surface area (Å²) in [7, 11) is 0. The third-order valence-electron chi connectivity index (χ3n) is 20.2. The van der Waals surface area contributed by atoms with E-state index in [2.05, 4.69) is 149 Å². The van der Waals surface area contributed by atoms with E-state index in [0.29, 0.717) is 0 Å². The lowest BCUT2D eigenvalue weighted by atomic mass is 9.99. The third-order valence-corrected chi connectivity index (χ3v) is 26.1. The van der Waals surface area contributed by atoms with Crippen LogP contribution in [0.2, 0.25) is 0 Å². The first-order valence-electron chi connectivity index (χ1n) is 38.0. The zero-order valence-electron chi connectivity index (χ0n) is 64.9. The monoisotopic (exact) mass is 1610 g/mol. The fourth-order valence-electron chi connectivity index (χ4n) is 14.0. The predicted octanol–water partition coefficient (Wildman–Crippen LogP) is 26.0. The highest BCUT2D eigenvalue weighted by atomic mass is 32.1. The Hall–Kier alpha value is -9.24. The van der Waals surface area contributed by atoms with Gasteiger partial charge in [0.05, 0.1) is 124 Å². The molecule has 0 bridgehead atoms. The van der Waals surface area contributed by atoms with Gasteiger partial charge in [-0.15, -0.1) is 45.3 Å². The van der Waals surface area contributed by atoms with Crippen LogP contribution in [0.3, 0.4) is 0 Å². The van der Waals surface area contributed by atoms with Gasteiger partial charge < -0.3 is 0 Å². The molecule has 18 rings (SSSR count). The Bertz CT molecular complexity index is 5940. The third kappa shape index (κ3) is 17.0. The van der Waals surface area contributed by atoms with E-state index in [9.17, 15) is 0 Å². The van der Waals surface area contributed by atoms with E-state index in [1.165, 1.54) is 155 Å². The summed E-state index contributed by atoms with van der Waals surface area (Å²) in [5, 5.41) is 4.15. The summed E-state index contributed by atoms with van der Waals surface area (Å²) in [6.07, 6.45) is 17.5. The molecule has 0 amide bonds. The molecule has 0 saturated heterocycles. The minimum atomic E-state index is 0.918. The van der Waals surface area contributed by atoms with Gasteiger partial charge in [-0.3, -0.25) is 0 Å². The second-order valence-corrected chi connectivity index (χ2v) is 34.6. The number of hydrogen-bond donors (Lipinski definition) is 0. The maximum atomic E-state index is 5.53. The molecule has 0 radical (unpaired) electrons. The predicted molar refractivity (Wildman–Crippen MR) is 473 cm³/mol. The smallest absolute Gasteiger partial charge is 0.116 e. The van der Waals surface area contributed by atoms with E-state index < -0.39 is 0 Å². The van der Waals surface area contributed by atoms with Gasteiger partial charge in [0.1, 0.15) is 66.6 Å². The number of aromatic nitrogens is 16. The van der Waals surface area contributed by atoms with Gasteiger partial charge >= 0.3 is 0 Å². The van der Waals surface area contributed by atoms with Gasteiger partial charge in [0, 0.05) is 69.6 Å².